The van der Waals surface area contributed by atoms with Crippen molar-refractivity contribution in [3.05, 3.63) is 57.3 Å². The number of hydrogen-bond donors (Lipinski definition) is 1. The number of nitrogens with zero attached hydrogens (tertiary/aromatic N) is 1. The molecule has 1 aromatic heterocycles. The van der Waals surface area contributed by atoms with Gasteiger partial charge in [-0.2, -0.15) is 0 Å². The van der Waals surface area contributed by atoms with E-state index in [1.807, 2.05) is 11.3 Å². The minimum atomic E-state index is 0.413. The van der Waals surface area contributed by atoms with E-state index < -0.39 is 0 Å². The van der Waals surface area contributed by atoms with Gasteiger partial charge in [-0.3, -0.25) is 4.90 Å². The van der Waals surface area contributed by atoms with Gasteiger partial charge >= 0.3 is 0 Å². The molecule has 0 unspecified atom stereocenters. The van der Waals surface area contributed by atoms with E-state index in [0.717, 1.165) is 26.2 Å². The van der Waals surface area contributed by atoms with E-state index in [1.165, 1.54) is 21.6 Å². The van der Waals surface area contributed by atoms with Crippen LogP contribution in [0.2, 0.25) is 0 Å². The predicted octanol–water partition coefficient (Wildman–Crippen LogP) is 3.36. The van der Waals surface area contributed by atoms with Crippen LogP contribution in [0.25, 0.3) is 0 Å². The lowest BCUT2D eigenvalue weighted by Crippen LogP contribution is -2.45. The second kappa shape index (κ2) is 6.08. The molecule has 1 fully saturated rings. The minimum Gasteiger partial charge on any atom is -0.314 e. The van der Waals surface area contributed by atoms with E-state index in [2.05, 4.69) is 59.8 Å². The van der Waals surface area contributed by atoms with E-state index in [4.69, 9.17) is 0 Å². The Morgan fingerprint density at radius 1 is 1.10 bits per heavy atom. The Kier molecular flexibility index (Phi) is 4.20. The van der Waals surface area contributed by atoms with Crippen molar-refractivity contribution >= 4 is 11.3 Å². The normalized spacial score (nSPS) is 18.1. The molecule has 0 amide bonds. The van der Waals surface area contributed by atoms with Crippen molar-refractivity contribution in [2.75, 3.05) is 26.2 Å². The number of piperazine rings is 1. The molecule has 106 valence electrons. The summed E-state index contributed by atoms with van der Waals surface area (Å²) in [5.74, 6) is 0. The van der Waals surface area contributed by atoms with Crippen LogP contribution >= 0.6 is 11.3 Å². The summed E-state index contributed by atoms with van der Waals surface area (Å²) in [7, 11) is 0. The fraction of sp³-hybridized carbons (Fsp3) is 0.412. The third kappa shape index (κ3) is 2.95. The zero-order valence-corrected chi connectivity index (χ0v) is 13.0. The standard InChI is InChI=1S/C17H22N2S/c1-13-10-14(2)12-15(11-13)17(16-4-3-9-20-16)19-7-5-18-6-8-19/h3-4,9-12,17-18H,5-8H2,1-2H3/t17-/m1/s1. The molecule has 0 radical (unpaired) electrons. The van der Waals surface area contributed by atoms with Gasteiger partial charge in [-0.05, 0) is 30.9 Å². The molecule has 2 heterocycles. The number of thiophene rings is 1. The van der Waals surface area contributed by atoms with Crippen LogP contribution < -0.4 is 5.32 Å². The number of nitrogens with one attached hydrogen (secondary N) is 1. The fourth-order valence-electron chi connectivity index (χ4n) is 3.11. The van der Waals surface area contributed by atoms with Gasteiger partial charge in [-0.1, -0.05) is 35.4 Å². The largest absolute Gasteiger partial charge is 0.314 e. The van der Waals surface area contributed by atoms with Crippen molar-refractivity contribution in [3.63, 3.8) is 0 Å². The van der Waals surface area contributed by atoms with E-state index in [-0.39, 0.29) is 0 Å². The molecule has 1 aliphatic heterocycles. The van der Waals surface area contributed by atoms with Crippen molar-refractivity contribution in [2.24, 2.45) is 0 Å². The lowest BCUT2D eigenvalue weighted by atomic mass is 9.98. The highest BCUT2D eigenvalue weighted by atomic mass is 32.1. The number of aryl methyl sites for hydroxylation is 2. The Balaban J connectivity index is 2.00. The highest BCUT2D eigenvalue weighted by Crippen LogP contribution is 2.32. The van der Waals surface area contributed by atoms with E-state index in [9.17, 15) is 0 Å². The third-order valence-electron chi connectivity index (χ3n) is 3.89. The Morgan fingerprint density at radius 2 is 1.80 bits per heavy atom. The average molecular weight is 286 g/mol. The van der Waals surface area contributed by atoms with E-state index >= 15 is 0 Å². The molecule has 1 aliphatic rings. The maximum Gasteiger partial charge on any atom is 0.0697 e. The summed E-state index contributed by atoms with van der Waals surface area (Å²) in [5.41, 5.74) is 4.15. The zero-order chi connectivity index (χ0) is 13.9. The first-order chi connectivity index (χ1) is 9.74. The molecule has 2 aromatic rings. The van der Waals surface area contributed by atoms with Crippen molar-refractivity contribution in [1.82, 2.24) is 10.2 Å². The van der Waals surface area contributed by atoms with Gasteiger partial charge in [0.2, 0.25) is 0 Å². The molecule has 3 rings (SSSR count). The van der Waals surface area contributed by atoms with Gasteiger partial charge in [0.1, 0.15) is 0 Å². The number of benzene rings is 1. The van der Waals surface area contributed by atoms with Gasteiger partial charge in [0.25, 0.3) is 0 Å². The lowest BCUT2D eigenvalue weighted by Gasteiger charge is -2.35. The van der Waals surface area contributed by atoms with Crippen molar-refractivity contribution in [1.29, 1.82) is 0 Å². The first-order valence-corrected chi connectivity index (χ1v) is 8.18. The monoisotopic (exact) mass is 286 g/mol. The van der Waals surface area contributed by atoms with Gasteiger partial charge < -0.3 is 5.32 Å². The summed E-state index contributed by atoms with van der Waals surface area (Å²) in [6, 6.07) is 11.8. The van der Waals surface area contributed by atoms with Gasteiger partial charge in [0, 0.05) is 31.1 Å². The number of rotatable bonds is 3. The molecule has 2 nitrogen and oxygen atoms in total. The molecule has 1 N–H and O–H groups in total. The maximum atomic E-state index is 3.45. The molecular weight excluding hydrogens is 264 g/mol. The van der Waals surface area contributed by atoms with Gasteiger partial charge in [0.05, 0.1) is 6.04 Å². The highest BCUT2D eigenvalue weighted by molar-refractivity contribution is 7.10. The first-order valence-electron chi connectivity index (χ1n) is 7.30. The topological polar surface area (TPSA) is 15.3 Å². The molecule has 0 spiro atoms. The molecule has 0 aliphatic carbocycles. The van der Waals surface area contributed by atoms with Crippen LogP contribution in [0.4, 0.5) is 0 Å². The van der Waals surface area contributed by atoms with Crippen LogP contribution in [-0.4, -0.2) is 31.1 Å². The van der Waals surface area contributed by atoms with Gasteiger partial charge in [-0.25, -0.2) is 0 Å². The second-order valence-electron chi connectivity index (χ2n) is 5.62. The Labute approximate surface area is 125 Å². The predicted molar refractivity (Wildman–Crippen MR) is 86.5 cm³/mol. The summed E-state index contributed by atoms with van der Waals surface area (Å²) in [6.07, 6.45) is 0. The van der Waals surface area contributed by atoms with E-state index in [0.29, 0.717) is 6.04 Å². The van der Waals surface area contributed by atoms with Crippen molar-refractivity contribution < 1.29 is 0 Å². The Bertz CT molecular complexity index is 536. The summed E-state index contributed by atoms with van der Waals surface area (Å²) in [4.78, 5) is 4.06. The molecular formula is C17H22N2S. The molecule has 1 aromatic carbocycles. The molecule has 20 heavy (non-hydrogen) atoms. The van der Waals surface area contributed by atoms with Crippen LogP contribution in [-0.2, 0) is 0 Å². The molecule has 0 saturated carbocycles. The Hall–Kier alpha value is -1.16. The van der Waals surface area contributed by atoms with Crippen LogP contribution in [0.5, 0.6) is 0 Å². The van der Waals surface area contributed by atoms with Crippen LogP contribution in [0.3, 0.4) is 0 Å². The molecule has 0 bridgehead atoms. The van der Waals surface area contributed by atoms with Gasteiger partial charge in [0.15, 0.2) is 0 Å². The van der Waals surface area contributed by atoms with Gasteiger partial charge in [-0.15, -0.1) is 11.3 Å². The van der Waals surface area contributed by atoms with Crippen LogP contribution in [0.15, 0.2) is 35.7 Å². The quantitative estimate of drug-likeness (QED) is 0.931. The SMILES string of the molecule is Cc1cc(C)cc([C@H](c2cccs2)N2CCNCC2)c1. The Morgan fingerprint density at radius 3 is 2.40 bits per heavy atom. The maximum absolute atomic E-state index is 3.45. The van der Waals surface area contributed by atoms with Crippen LogP contribution in [0.1, 0.15) is 27.6 Å². The minimum absolute atomic E-state index is 0.413. The summed E-state index contributed by atoms with van der Waals surface area (Å²) < 4.78 is 0. The first kappa shape index (κ1) is 13.8. The van der Waals surface area contributed by atoms with E-state index in [1.54, 1.807) is 0 Å². The molecule has 3 heteroatoms. The average Bonchev–Trinajstić information content (AvgIpc) is 2.93. The zero-order valence-electron chi connectivity index (χ0n) is 12.2. The third-order valence-corrected chi connectivity index (χ3v) is 4.81. The second-order valence-corrected chi connectivity index (χ2v) is 6.60. The van der Waals surface area contributed by atoms with Crippen molar-refractivity contribution in [3.8, 4) is 0 Å². The lowest BCUT2D eigenvalue weighted by molar-refractivity contribution is 0.200. The summed E-state index contributed by atoms with van der Waals surface area (Å²) in [5, 5.41) is 5.64. The van der Waals surface area contributed by atoms with Crippen molar-refractivity contribution in [2.45, 2.75) is 19.9 Å². The summed E-state index contributed by atoms with van der Waals surface area (Å²) in [6.45, 7) is 8.81. The fourth-order valence-corrected chi connectivity index (χ4v) is 4.00. The van der Waals surface area contributed by atoms with Crippen LogP contribution in [0, 0.1) is 13.8 Å². The highest BCUT2D eigenvalue weighted by Gasteiger charge is 2.24. The summed E-state index contributed by atoms with van der Waals surface area (Å²) >= 11 is 1.87. The molecule has 1 atom stereocenters. The smallest absolute Gasteiger partial charge is 0.0697 e. The number of hydrogen-bond acceptors (Lipinski definition) is 3. The molecule has 1 saturated heterocycles.